The third-order valence-corrected chi connectivity index (χ3v) is 4.33. The van der Waals surface area contributed by atoms with E-state index in [-0.39, 0.29) is 0 Å². The van der Waals surface area contributed by atoms with Crippen LogP contribution in [0.3, 0.4) is 0 Å². The van der Waals surface area contributed by atoms with Crippen LogP contribution in [-0.4, -0.2) is 11.6 Å². The van der Waals surface area contributed by atoms with Crippen molar-refractivity contribution in [1.82, 2.24) is 4.98 Å². The average molecular weight is 311 g/mol. The molecule has 0 atom stereocenters. The minimum absolute atomic E-state index is 0.502. The molecule has 3 nitrogen and oxygen atoms in total. The molecule has 5 heteroatoms. The summed E-state index contributed by atoms with van der Waals surface area (Å²) in [5.41, 5.74) is 7.75. The van der Waals surface area contributed by atoms with Crippen molar-refractivity contribution in [2.24, 2.45) is 5.73 Å². The number of nitrogens with two attached hydrogens (primary N) is 1. The second kappa shape index (κ2) is 4.40. The van der Waals surface area contributed by atoms with Crippen molar-refractivity contribution in [2.45, 2.75) is 13.0 Å². The zero-order valence-electron chi connectivity index (χ0n) is 9.07. The Hall–Kier alpha value is -0.910. The Morgan fingerprint density at radius 2 is 2.35 bits per heavy atom. The lowest BCUT2D eigenvalue weighted by Gasteiger charge is -2.06. The molecule has 0 unspecified atom stereocenters. The number of thiazole rings is 1. The van der Waals surface area contributed by atoms with Crippen LogP contribution in [0.4, 0.5) is 0 Å². The summed E-state index contributed by atoms with van der Waals surface area (Å²) < 4.78 is 6.77. The van der Waals surface area contributed by atoms with Gasteiger partial charge in [0.15, 0.2) is 0 Å². The molecule has 1 aromatic carbocycles. The Morgan fingerprint density at radius 3 is 3.18 bits per heavy atom. The number of rotatable bonds is 1. The fourth-order valence-corrected chi connectivity index (χ4v) is 3.24. The molecule has 88 valence electrons. The lowest BCUT2D eigenvalue weighted by molar-refractivity contribution is 0.327. The third kappa shape index (κ3) is 1.99. The normalized spacial score (nSPS) is 13.5. The molecule has 1 aliphatic rings. The molecule has 2 N–H and O–H groups in total. The van der Waals surface area contributed by atoms with E-state index in [4.69, 9.17) is 10.5 Å². The van der Waals surface area contributed by atoms with Crippen LogP contribution in [0.15, 0.2) is 22.7 Å². The van der Waals surface area contributed by atoms with E-state index < -0.39 is 0 Å². The first-order valence-corrected chi connectivity index (χ1v) is 7.00. The van der Waals surface area contributed by atoms with E-state index in [1.165, 1.54) is 4.88 Å². The molecule has 3 rings (SSSR count). The number of fused-ring (bicyclic) bond motifs is 3. The van der Waals surface area contributed by atoms with Gasteiger partial charge >= 0.3 is 0 Å². The van der Waals surface area contributed by atoms with Crippen LogP contribution in [0.5, 0.6) is 5.75 Å². The van der Waals surface area contributed by atoms with E-state index in [1.807, 2.05) is 12.1 Å². The molecule has 1 aliphatic heterocycles. The molecule has 1 aromatic heterocycles. The van der Waals surface area contributed by atoms with E-state index in [9.17, 15) is 0 Å². The van der Waals surface area contributed by atoms with Gasteiger partial charge in [-0.1, -0.05) is 15.9 Å². The highest BCUT2D eigenvalue weighted by molar-refractivity contribution is 9.10. The zero-order valence-corrected chi connectivity index (χ0v) is 11.5. The number of aromatic nitrogens is 1. The second-order valence-corrected chi connectivity index (χ2v) is 5.91. The molecule has 0 spiro atoms. The van der Waals surface area contributed by atoms with Crippen LogP contribution in [0, 0.1) is 0 Å². The van der Waals surface area contributed by atoms with Crippen molar-refractivity contribution in [3.8, 4) is 17.0 Å². The Bertz CT molecular complexity index is 568. The monoisotopic (exact) mass is 310 g/mol. The maximum atomic E-state index is 5.73. The predicted molar refractivity (Wildman–Crippen MR) is 72.3 cm³/mol. The molecule has 0 radical (unpaired) electrons. The molecule has 17 heavy (non-hydrogen) atoms. The van der Waals surface area contributed by atoms with E-state index in [0.29, 0.717) is 13.2 Å². The van der Waals surface area contributed by atoms with E-state index >= 15 is 0 Å². The van der Waals surface area contributed by atoms with Crippen LogP contribution < -0.4 is 10.5 Å². The molecule has 0 bridgehead atoms. The number of hydrogen-bond donors (Lipinski definition) is 1. The highest BCUT2D eigenvalue weighted by Crippen LogP contribution is 2.38. The summed E-state index contributed by atoms with van der Waals surface area (Å²) in [6.45, 7) is 1.20. The zero-order chi connectivity index (χ0) is 11.8. The molecule has 2 aromatic rings. The van der Waals surface area contributed by atoms with E-state index in [0.717, 1.165) is 32.9 Å². The number of benzene rings is 1. The molecule has 0 saturated heterocycles. The van der Waals surface area contributed by atoms with Gasteiger partial charge in [0.1, 0.15) is 10.8 Å². The van der Waals surface area contributed by atoms with Crippen LogP contribution in [0.1, 0.15) is 9.88 Å². The van der Waals surface area contributed by atoms with Gasteiger partial charge in [-0.25, -0.2) is 4.98 Å². The Balaban J connectivity index is 2.21. The molecule has 0 fully saturated rings. The van der Waals surface area contributed by atoms with Gasteiger partial charge in [0, 0.05) is 27.9 Å². The Kier molecular flexibility index (Phi) is 2.90. The molecule has 2 heterocycles. The van der Waals surface area contributed by atoms with Crippen LogP contribution in [0.2, 0.25) is 0 Å². The standard InChI is InChI=1S/C12H11BrN2OS/c13-7-1-2-9-8(5-7)12-10(3-4-16-9)17-11(6-14)15-12/h1-2,5H,3-4,6,14H2. The van der Waals surface area contributed by atoms with Gasteiger partial charge in [-0.15, -0.1) is 11.3 Å². The van der Waals surface area contributed by atoms with E-state index in [1.54, 1.807) is 11.3 Å². The predicted octanol–water partition coefficient (Wildman–Crippen LogP) is 2.97. The number of nitrogens with zero attached hydrogens (tertiary/aromatic N) is 1. The first-order chi connectivity index (χ1) is 8.28. The topological polar surface area (TPSA) is 48.1 Å². The summed E-state index contributed by atoms with van der Waals surface area (Å²) >= 11 is 5.17. The van der Waals surface area contributed by atoms with Crippen molar-refractivity contribution >= 4 is 27.3 Å². The van der Waals surface area contributed by atoms with Crippen molar-refractivity contribution in [3.63, 3.8) is 0 Å². The highest BCUT2D eigenvalue weighted by Gasteiger charge is 2.19. The lowest BCUT2D eigenvalue weighted by Crippen LogP contribution is -1.98. The fourth-order valence-electron chi connectivity index (χ4n) is 1.93. The van der Waals surface area contributed by atoms with E-state index in [2.05, 4.69) is 27.0 Å². The molecule has 0 aliphatic carbocycles. The summed E-state index contributed by atoms with van der Waals surface area (Å²) in [6.07, 6.45) is 0.902. The minimum Gasteiger partial charge on any atom is -0.493 e. The second-order valence-electron chi connectivity index (χ2n) is 3.82. The minimum atomic E-state index is 0.502. The molecular weight excluding hydrogens is 300 g/mol. The summed E-state index contributed by atoms with van der Waals surface area (Å²) in [6, 6.07) is 6.02. The van der Waals surface area contributed by atoms with Gasteiger partial charge in [0.2, 0.25) is 0 Å². The molecular formula is C12H11BrN2OS. The summed E-state index contributed by atoms with van der Waals surface area (Å²) in [5, 5.41) is 0.989. The first-order valence-electron chi connectivity index (χ1n) is 5.39. The van der Waals surface area contributed by atoms with Gasteiger partial charge in [-0.2, -0.15) is 0 Å². The maximum absolute atomic E-state index is 5.73. The average Bonchev–Trinajstić information content (AvgIpc) is 2.67. The van der Waals surface area contributed by atoms with Gasteiger partial charge < -0.3 is 10.5 Å². The van der Waals surface area contributed by atoms with Crippen molar-refractivity contribution in [2.75, 3.05) is 6.61 Å². The first kappa shape index (κ1) is 11.2. The van der Waals surface area contributed by atoms with Crippen LogP contribution in [0.25, 0.3) is 11.3 Å². The quantitative estimate of drug-likeness (QED) is 0.881. The van der Waals surface area contributed by atoms with Gasteiger partial charge in [0.05, 0.1) is 12.3 Å². The van der Waals surface area contributed by atoms with Crippen molar-refractivity contribution in [3.05, 3.63) is 32.6 Å². The maximum Gasteiger partial charge on any atom is 0.128 e. The number of ether oxygens (including phenoxy) is 1. The molecule has 0 amide bonds. The highest BCUT2D eigenvalue weighted by atomic mass is 79.9. The lowest BCUT2D eigenvalue weighted by atomic mass is 10.1. The van der Waals surface area contributed by atoms with Gasteiger partial charge in [0.25, 0.3) is 0 Å². The molecule has 0 saturated carbocycles. The fraction of sp³-hybridized carbons (Fsp3) is 0.250. The van der Waals surface area contributed by atoms with Gasteiger partial charge in [-0.05, 0) is 18.2 Å². The van der Waals surface area contributed by atoms with Crippen LogP contribution >= 0.6 is 27.3 Å². The van der Waals surface area contributed by atoms with Crippen molar-refractivity contribution < 1.29 is 4.74 Å². The smallest absolute Gasteiger partial charge is 0.128 e. The Labute approximate surface area is 112 Å². The summed E-state index contributed by atoms with van der Waals surface area (Å²) in [4.78, 5) is 5.87. The Morgan fingerprint density at radius 1 is 1.47 bits per heavy atom. The number of halogens is 1. The summed E-state index contributed by atoms with van der Waals surface area (Å²) in [5.74, 6) is 0.904. The third-order valence-electron chi connectivity index (χ3n) is 2.70. The number of hydrogen-bond acceptors (Lipinski definition) is 4. The SMILES string of the molecule is NCc1nc2c(s1)CCOc1ccc(Br)cc1-2. The van der Waals surface area contributed by atoms with Gasteiger partial charge in [-0.3, -0.25) is 0 Å². The summed E-state index contributed by atoms with van der Waals surface area (Å²) in [7, 11) is 0. The van der Waals surface area contributed by atoms with Crippen molar-refractivity contribution in [1.29, 1.82) is 0 Å². The van der Waals surface area contributed by atoms with Crippen LogP contribution in [-0.2, 0) is 13.0 Å². The largest absolute Gasteiger partial charge is 0.493 e.